The summed E-state index contributed by atoms with van der Waals surface area (Å²) in [6.07, 6.45) is 1.46. The van der Waals surface area contributed by atoms with Crippen molar-refractivity contribution in [2.24, 2.45) is 5.73 Å². The van der Waals surface area contributed by atoms with E-state index in [0.717, 1.165) is 5.75 Å². The van der Waals surface area contributed by atoms with Gasteiger partial charge in [0, 0.05) is 13.1 Å². The molecule has 1 aromatic carbocycles. The van der Waals surface area contributed by atoms with Crippen molar-refractivity contribution in [2.75, 3.05) is 61.2 Å². The molecule has 0 radical (unpaired) electrons. The third-order valence-corrected chi connectivity index (χ3v) is 5.59. The van der Waals surface area contributed by atoms with Crippen molar-refractivity contribution < 1.29 is 23.5 Å². The van der Waals surface area contributed by atoms with Gasteiger partial charge in [-0.1, -0.05) is 0 Å². The van der Waals surface area contributed by atoms with Gasteiger partial charge in [0.1, 0.15) is 11.9 Å². The molecule has 10 heteroatoms. The number of nitrogens with one attached hydrogen (secondary N) is 1. The van der Waals surface area contributed by atoms with E-state index in [0.29, 0.717) is 44.1 Å². The van der Waals surface area contributed by atoms with Crippen molar-refractivity contribution in [3.8, 4) is 0 Å². The molecule has 8 nitrogen and oxygen atoms in total. The third-order valence-electron chi connectivity index (χ3n) is 4.94. The number of hydrogen-bond donors (Lipinski definition) is 2. The quantitative estimate of drug-likeness (QED) is 0.644. The number of morpholine rings is 1. The van der Waals surface area contributed by atoms with Crippen LogP contribution in [0.3, 0.4) is 0 Å². The molecule has 0 aliphatic carbocycles. The van der Waals surface area contributed by atoms with E-state index >= 15 is 0 Å². The Bertz CT molecular complexity index is 732. The minimum Gasteiger partial charge on any atom is -0.442 e. The smallest absolute Gasteiger partial charge is 0.414 e. The lowest BCUT2D eigenvalue weighted by Crippen LogP contribution is -2.44. The molecule has 0 aromatic heterocycles. The maximum atomic E-state index is 14.6. The molecule has 1 unspecified atom stereocenters. The predicted molar refractivity (Wildman–Crippen MR) is 111 cm³/mol. The number of nitrogens with zero attached hydrogens (tertiary/aromatic N) is 2. The standard InChI is InChI=1S/C19H27FN4O4S/c1-29-9-4-16(21)18(25)22-11-14-12-24(19(26)28-14)13-2-3-17(15(20)10-13)23-5-7-27-8-6-23/h2-3,10,14,16H,4-9,11-12,21H2,1H3,(H,22,25)/t14?,16-/m1/s1. The second kappa shape index (κ2) is 10.1. The zero-order chi connectivity index (χ0) is 20.8. The molecule has 0 spiro atoms. The summed E-state index contributed by atoms with van der Waals surface area (Å²) in [6, 6.07) is 4.13. The summed E-state index contributed by atoms with van der Waals surface area (Å²) in [4.78, 5) is 27.5. The Labute approximate surface area is 173 Å². The van der Waals surface area contributed by atoms with E-state index < -0.39 is 24.1 Å². The highest BCUT2D eigenvalue weighted by Gasteiger charge is 2.33. The molecule has 2 aliphatic heterocycles. The van der Waals surface area contributed by atoms with E-state index in [1.807, 2.05) is 11.2 Å². The lowest BCUT2D eigenvalue weighted by atomic mass is 10.2. The number of cyclic esters (lactones) is 1. The molecule has 29 heavy (non-hydrogen) atoms. The molecule has 0 saturated carbocycles. The highest BCUT2D eigenvalue weighted by atomic mass is 32.2. The van der Waals surface area contributed by atoms with E-state index in [9.17, 15) is 14.0 Å². The first kappa shape index (κ1) is 21.7. The fraction of sp³-hybridized carbons (Fsp3) is 0.579. The minimum atomic E-state index is -0.586. The number of hydrogen-bond acceptors (Lipinski definition) is 7. The highest BCUT2D eigenvalue weighted by Crippen LogP contribution is 2.28. The van der Waals surface area contributed by atoms with Gasteiger partial charge in [-0.25, -0.2) is 9.18 Å². The van der Waals surface area contributed by atoms with E-state index in [-0.39, 0.29) is 19.0 Å². The van der Waals surface area contributed by atoms with Gasteiger partial charge in [0.05, 0.1) is 43.7 Å². The molecule has 2 saturated heterocycles. The monoisotopic (exact) mass is 426 g/mol. The van der Waals surface area contributed by atoms with Gasteiger partial charge in [-0.05, 0) is 36.6 Å². The number of nitrogens with two attached hydrogens (primary N) is 1. The van der Waals surface area contributed by atoms with Crippen molar-refractivity contribution in [3.63, 3.8) is 0 Å². The molecule has 160 valence electrons. The average Bonchev–Trinajstić information content (AvgIpc) is 3.11. The van der Waals surface area contributed by atoms with Gasteiger partial charge >= 0.3 is 6.09 Å². The summed E-state index contributed by atoms with van der Waals surface area (Å²) in [5, 5.41) is 2.72. The summed E-state index contributed by atoms with van der Waals surface area (Å²) in [5.41, 5.74) is 6.75. The largest absolute Gasteiger partial charge is 0.442 e. The predicted octanol–water partition coefficient (Wildman–Crippen LogP) is 1.18. The van der Waals surface area contributed by atoms with Crippen LogP contribution in [-0.2, 0) is 14.3 Å². The molecular formula is C19H27FN4O4S. The van der Waals surface area contributed by atoms with Crippen molar-refractivity contribution in [1.82, 2.24) is 5.32 Å². The molecular weight excluding hydrogens is 399 g/mol. The maximum Gasteiger partial charge on any atom is 0.414 e. The number of halogens is 1. The van der Waals surface area contributed by atoms with Gasteiger partial charge in [-0.15, -0.1) is 0 Å². The number of thioether (sulfide) groups is 1. The second-order valence-electron chi connectivity index (χ2n) is 6.98. The first-order valence-electron chi connectivity index (χ1n) is 9.62. The van der Waals surface area contributed by atoms with Crippen molar-refractivity contribution >= 4 is 35.1 Å². The van der Waals surface area contributed by atoms with Gasteiger partial charge in [0.15, 0.2) is 0 Å². The number of anilines is 2. The molecule has 2 heterocycles. The number of carbonyl (C=O) groups excluding carboxylic acids is 2. The van der Waals surface area contributed by atoms with Gasteiger partial charge in [0.25, 0.3) is 0 Å². The number of ether oxygens (including phenoxy) is 2. The topological polar surface area (TPSA) is 97.1 Å². The first-order chi connectivity index (χ1) is 14.0. The third kappa shape index (κ3) is 5.52. The summed E-state index contributed by atoms with van der Waals surface area (Å²) in [7, 11) is 0. The van der Waals surface area contributed by atoms with Crippen molar-refractivity contribution in [2.45, 2.75) is 18.6 Å². The van der Waals surface area contributed by atoms with E-state index in [4.69, 9.17) is 15.2 Å². The minimum absolute atomic E-state index is 0.169. The molecule has 2 fully saturated rings. The van der Waals surface area contributed by atoms with Gasteiger partial charge in [0.2, 0.25) is 5.91 Å². The van der Waals surface area contributed by atoms with Crippen LogP contribution in [0.2, 0.25) is 0 Å². The Morgan fingerprint density at radius 1 is 1.41 bits per heavy atom. The van der Waals surface area contributed by atoms with Gasteiger partial charge < -0.3 is 25.4 Å². The maximum absolute atomic E-state index is 14.6. The summed E-state index contributed by atoms with van der Waals surface area (Å²) < 4.78 is 25.2. The summed E-state index contributed by atoms with van der Waals surface area (Å²) in [5.74, 6) is 0.135. The highest BCUT2D eigenvalue weighted by molar-refractivity contribution is 7.98. The van der Waals surface area contributed by atoms with Crippen LogP contribution in [0, 0.1) is 5.82 Å². The molecule has 3 N–H and O–H groups in total. The van der Waals surface area contributed by atoms with Crippen LogP contribution in [0.5, 0.6) is 0 Å². The van der Waals surface area contributed by atoms with Crippen molar-refractivity contribution in [1.29, 1.82) is 0 Å². The Morgan fingerprint density at radius 2 is 2.17 bits per heavy atom. The number of amides is 2. The van der Waals surface area contributed by atoms with Crippen LogP contribution in [0.25, 0.3) is 0 Å². The lowest BCUT2D eigenvalue weighted by molar-refractivity contribution is -0.122. The molecule has 2 atom stereocenters. The normalized spacial score (nSPS) is 20.5. The van der Waals surface area contributed by atoms with Crippen LogP contribution >= 0.6 is 11.8 Å². The fourth-order valence-electron chi connectivity index (χ4n) is 3.28. The Morgan fingerprint density at radius 3 is 2.86 bits per heavy atom. The molecule has 1 aromatic rings. The zero-order valence-corrected chi connectivity index (χ0v) is 17.3. The van der Waals surface area contributed by atoms with Crippen molar-refractivity contribution in [3.05, 3.63) is 24.0 Å². The summed E-state index contributed by atoms with van der Waals surface area (Å²) in [6.45, 7) is 2.78. The van der Waals surface area contributed by atoms with Crippen LogP contribution < -0.4 is 20.9 Å². The zero-order valence-electron chi connectivity index (χ0n) is 16.4. The Kier molecular flexibility index (Phi) is 7.57. The van der Waals surface area contributed by atoms with E-state index in [2.05, 4.69) is 5.32 Å². The average molecular weight is 427 g/mol. The van der Waals surface area contributed by atoms with Crippen LogP contribution in [0.4, 0.5) is 20.6 Å². The van der Waals surface area contributed by atoms with Gasteiger partial charge in [-0.2, -0.15) is 11.8 Å². The molecule has 3 rings (SSSR count). The van der Waals surface area contributed by atoms with Crippen LogP contribution in [0.15, 0.2) is 18.2 Å². The molecule has 2 amide bonds. The SMILES string of the molecule is CSCC[C@@H](N)C(=O)NCC1CN(c2ccc(N3CCOCC3)c(F)c2)C(=O)O1. The molecule has 0 bridgehead atoms. The summed E-state index contributed by atoms with van der Waals surface area (Å²) >= 11 is 1.62. The number of rotatable bonds is 8. The lowest BCUT2D eigenvalue weighted by Gasteiger charge is -2.29. The van der Waals surface area contributed by atoms with E-state index in [1.54, 1.807) is 23.9 Å². The Balaban J connectivity index is 1.56. The number of benzene rings is 1. The van der Waals surface area contributed by atoms with Crippen LogP contribution in [0.1, 0.15) is 6.42 Å². The number of carbonyl (C=O) groups is 2. The Hall–Kier alpha value is -2.04. The van der Waals surface area contributed by atoms with E-state index in [1.165, 1.54) is 11.0 Å². The van der Waals surface area contributed by atoms with Crippen LogP contribution in [-0.4, -0.2) is 75.5 Å². The molecule has 2 aliphatic rings. The second-order valence-corrected chi connectivity index (χ2v) is 7.97. The first-order valence-corrected chi connectivity index (χ1v) is 11.0. The van der Waals surface area contributed by atoms with Gasteiger partial charge in [-0.3, -0.25) is 9.69 Å². The fourth-order valence-corrected chi connectivity index (χ4v) is 3.77.